The molecular formula is C15H14FN7O3. The topological polar surface area (TPSA) is 121 Å². The second-order valence-electron chi connectivity index (χ2n) is 5.51. The number of halogens is 1. The van der Waals surface area contributed by atoms with Gasteiger partial charge in [0.25, 0.3) is 5.91 Å². The molecule has 0 bridgehead atoms. The minimum Gasteiger partial charge on any atom is -0.288 e. The van der Waals surface area contributed by atoms with Crippen LogP contribution in [0.25, 0.3) is 0 Å². The lowest BCUT2D eigenvalue weighted by molar-refractivity contribution is -0.385. The van der Waals surface area contributed by atoms with E-state index in [0.717, 1.165) is 4.68 Å². The summed E-state index contributed by atoms with van der Waals surface area (Å²) in [6.45, 7) is 1.70. The van der Waals surface area contributed by atoms with E-state index in [1.54, 1.807) is 12.1 Å². The summed E-state index contributed by atoms with van der Waals surface area (Å²) in [4.78, 5) is 26.8. The zero-order valence-corrected chi connectivity index (χ0v) is 13.9. The van der Waals surface area contributed by atoms with E-state index in [0.29, 0.717) is 5.56 Å². The van der Waals surface area contributed by atoms with Gasteiger partial charge in [-0.1, -0.05) is 12.1 Å². The van der Waals surface area contributed by atoms with Gasteiger partial charge in [0, 0.05) is 7.05 Å². The van der Waals surface area contributed by atoms with Crippen molar-refractivity contribution in [3.63, 3.8) is 0 Å². The van der Waals surface area contributed by atoms with Crippen molar-refractivity contribution in [3.05, 3.63) is 63.5 Å². The molecule has 0 fully saturated rings. The molecule has 0 unspecified atom stereocenters. The minimum absolute atomic E-state index is 0.0282. The number of anilines is 1. The third kappa shape index (κ3) is 3.41. The van der Waals surface area contributed by atoms with Crippen LogP contribution in [-0.4, -0.2) is 35.4 Å². The van der Waals surface area contributed by atoms with Crippen LogP contribution < -0.4 is 5.32 Å². The summed E-state index contributed by atoms with van der Waals surface area (Å²) in [7, 11) is 1.44. The molecule has 0 aliphatic rings. The first kappa shape index (κ1) is 17.2. The molecule has 2 aromatic heterocycles. The summed E-state index contributed by atoms with van der Waals surface area (Å²) in [6, 6.07) is 6.00. The van der Waals surface area contributed by atoms with E-state index in [9.17, 15) is 19.3 Å². The maximum Gasteiger partial charge on any atom is 0.322 e. The Kier molecular flexibility index (Phi) is 4.43. The van der Waals surface area contributed by atoms with Gasteiger partial charge in [-0.25, -0.2) is 14.1 Å². The van der Waals surface area contributed by atoms with E-state index < -0.39 is 10.8 Å². The SMILES string of the molecule is Cc1nn(C)c(C(=O)Nc2ncn(Cc3cccc(F)c3)n2)c1[N+](=O)[O-]. The van der Waals surface area contributed by atoms with Crippen LogP contribution in [0.5, 0.6) is 0 Å². The Morgan fingerprint density at radius 2 is 2.15 bits per heavy atom. The summed E-state index contributed by atoms with van der Waals surface area (Å²) < 4.78 is 15.8. The molecule has 0 saturated heterocycles. The van der Waals surface area contributed by atoms with E-state index in [1.165, 1.54) is 37.1 Å². The van der Waals surface area contributed by atoms with Gasteiger partial charge in [-0.15, -0.1) is 5.10 Å². The second-order valence-corrected chi connectivity index (χ2v) is 5.51. The highest BCUT2D eigenvalue weighted by atomic mass is 19.1. The van der Waals surface area contributed by atoms with Gasteiger partial charge in [-0.3, -0.25) is 24.9 Å². The van der Waals surface area contributed by atoms with Crippen molar-refractivity contribution in [2.45, 2.75) is 13.5 Å². The molecule has 26 heavy (non-hydrogen) atoms. The Balaban J connectivity index is 1.77. The Hall–Kier alpha value is -3.63. The predicted octanol–water partition coefficient (Wildman–Crippen LogP) is 1.67. The van der Waals surface area contributed by atoms with Gasteiger partial charge in [0.2, 0.25) is 11.6 Å². The van der Waals surface area contributed by atoms with Crippen LogP contribution in [0.2, 0.25) is 0 Å². The molecule has 0 atom stereocenters. The van der Waals surface area contributed by atoms with E-state index in [-0.39, 0.29) is 35.4 Å². The number of carbonyl (C=O) groups is 1. The minimum atomic E-state index is -0.747. The van der Waals surface area contributed by atoms with Crippen LogP contribution in [0.15, 0.2) is 30.6 Å². The summed E-state index contributed by atoms with van der Waals surface area (Å²) in [5.41, 5.74) is 0.232. The molecule has 10 nitrogen and oxygen atoms in total. The van der Waals surface area contributed by atoms with Gasteiger partial charge in [0.05, 0.1) is 11.5 Å². The Labute approximate surface area is 146 Å². The van der Waals surface area contributed by atoms with Crippen LogP contribution in [0.3, 0.4) is 0 Å². The van der Waals surface area contributed by atoms with Gasteiger partial charge in [0.15, 0.2) is 0 Å². The molecule has 134 valence electrons. The van der Waals surface area contributed by atoms with Gasteiger partial charge < -0.3 is 0 Å². The highest BCUT2D eigenvalue weighted by molar-refractivity contribution is 6.05. The van der Waals surface area contributed by atoms with E-state index >= 15 is 0 Å². The zero-order chi connectivity index (χ0) is 18.8. The third-order valence-corrected chi connectivity index (χ3v) is 3.58. The maximum atomic E-state index is 13.2. The number of nitrogens with zero attached hydrogens (tertiary/aromatic N) is 6. The van der Waals surface area contributed by atoms with Crippen molar-refractivity contribution in [3.8, 4) is 0 Å². The normalized spacial score (nSPS) is 10.7. The van der Waals surface area contributed by atoms with Crippen molar-refractivity contribution in [2.75, 3.05) is 5.32 Å². The van der Waals surface area contributed by atoms with Crippen molar-refractivity contribution in [1.82, 2.24) is 24.5 Å². The molecule has 3 aromatic rings. The average Bonchev–Trinajstić information content (AvgIpc) is 3.10. The molecule has 0 saturated carbocycles. The molecule has 1 aromatic carbocycles. The number of hydrogen-bond donors (Lipinski definition) is 1. The number of benzene rings is 1. The van der Waals surface area contributed by atoms with Crippen LogP contribution in [0.1, 0.15) is 21.7 Å². The highest BCUT2D eigenvalue weighted by Gasteiger charge is 2.29. The van der Waals surface area contributed by atoms with E-state index in [1.807, 2.05) is 0 Å². The Morgan fingerprint density at radius 1 is 1.38 bits per heavy atom. The third-order valence-electron chi connectivity index (χ3n) is 3.58. The van der Waals surface area contributed by atoms with Crippen molar-refractivity contribution >= 4 is 17.5 Å². The van der Waals surface area contributed by atoms with E-state index in [4.69, 9.17) is 0 Å². The number of carbonyl (C=O) groups excluding carboxylic acids is 1. The Morgan fingerprint density at radius 3 is 2.85 bits per heavy atom. The first-order valence-electron chi connectivity index (χ1n) is 7.48. The molecule has 0 aliphatic heterocycles. The van der Waals surface area contributed by atoms with Crippen LogP contribution in [-0.2, 0) is 13.6 Å². The fourth-order valence-electron chi connectivity index (χ4n) is 2.53. The van der Waals surface area contributed by atoms with Crippen molar-refractivity contribution in [1.29, 1.82) is 0 Å². The second kappa shape index (κ2) is 6.70. The first-order valence-corrected chi connectivity index (χ1v) is 7.48. The van der Waals surface area contributed by atoms with Gasteiger partial charge in [0.1, 0.15) is 17.8 Å². The maximum absolute atomic E-state index is 13.2. The summed E-state index contributed by atoms with van der Waals surface area (Å²) >= 11 is 0. The zero-order valence-electron chi connectivity index (χ0n) is 13.9. The van der Waals surface area contributed by atoms with Gasteiger partial charge >= 0.3 is 5.69 Å². The van der Waals surface area contributed by atoms with Crippen molar-refractivity contribution in [2.24, 2.45) is 7.05 Å². The van der Waals surface area contributed by atoms with Crippen LogP contribution in [0, 0.1) is 22.9 Å². The number of aromatic nitrogens is 5. The number of nitro groups is 1. The number of hydrogen-bond acceptors (Lipinski definition) is 6. The quantitative estimate of drug-likeness (QED) is 0.546. The van der Waals surface area contributed by atoms with Crippen LogP contribution >= 0.6 is 0 Å². The van der Waals surface area contributed by atoms with E-state index in [2.05, 4.69) is 20.5 Å². The molecule has 11 heteroatoms. The molecular weight excluding hydrogens is 345 g/mol. The molecule has 3 rings (SSSR count). The predicted molar refractivity (Wildman–Crippen MR) is 88.1 cm³/mol. The number of aryl methyl sites for hydroxylation is 2. The summed E-state index contributed by atoms with van der Waals surface area (Å²) in [5.74, 6) is -1.14. The van der Waals surface area contributed by atoms with Crippen molar-refractivity contribution < 1.29 is 14.1 Å². The average molecular weight is 359 g/mol. The molecule has 0 aliphatic carbocycles. The molecule has 2 heterocycles. The number of amides is 1. The molecule has 0 spiro atoms. The number of rotatable bonds is 5. The fraction of sp³-hybridized carbons (Fsp3) is 0.200. The lowest BCUT2D eigenvalue weighted by Gasteiger charge is -2.02. The largest absolute Gasteiger partial charge is 0.322 e. The van der Waals surface area contributed by atoms with Crippen LogP contribution in [0.4, 0.5) is 16.0 Å². The smallest absolute Gasteiger partial charge is 0.288 e. The number of nitrogens with one attached hydrogen (secondary N) is 1. The highest BCUT2D eigenvalue weighted by Crippen LogP contribution is 2.22. The fourth-order valence-corrected chi connectivity index (χ4v) is 2.53. The lowest BCUT2D eigenvalue weighted by atomic mass is 10.2. The molecule has 1 amide bonds. The monoisotopic (exact) mass is 359 g/mol. The molecule has 0 radical (unpaired) electrons. The van der Waals surface area contributed by atoms with Gasteiger partial charge in [-0.05, 0) is 24.6 Å². The first-order chi connectivity index (χ1) is 12.3. The molecule has 1 N–H and O–H groups in total. The standard InChI is InChI=1S/C15H14FN7O3/c1-9-12(23(25)26)13(21(2)19-9)14(24)18-15-17-8-22(20-15)7-10-4-3-5-11(16)6-10/h3-6,8H,7H2,1-2H3,(H,18,20,24). The summed E-state index contributed by atoms with van der Waals surface area (Å²) in [5, 5.41) is 21.5. The summed E-state index contributed by atoms with van der Waals surface area (Å²) in [6.07, 6.45) is 1.36. The lowest BCUT2D eigenvalue weighted by Crippen LogP contribution is -2.18. The van der Waals surface area contributed by atoms with Gasteiger partial charge in [-0.2, -0.15) is 5.10 Å². The Bertz CT molecular complexity index is 995.